The minimum Gasteiger partial charge on any atom is -0.384 e. The third kappa shape index (κ3) is 3.34. The van der Waals surface area contributed by atoms with Crippen molar-refractivity contribution in [2.75, 3.05) is 26.2 Å². The topological polar surface area (TPSA) is 50.5 Å². The molecule has 0 bridgehead atoms. The molecular formula is C14H24ClN3O2. The maximum absolute atomic E-state index is 10.6. The molecule has 1 aromatic rings. The predicted molar refractivity (Wildman–Crippen MR) is 79.1 cm³/mol. The molecule has 1 fully saturated rings. The quantitative estimate of drug-likeness (QED) is 0.906. The maximum atomic E-state index is 10.6. The van der Waals surface area contributed by atoms with Crippen LogP contribution in [0.5, 0.6) is 0 Å². The fourth-order valence-corrected chi connectivity index (χ4v) is 2.90. The van der Waals surface area contributed by atoms with E-state index in [4.69, 9.17) is 16.3 Å². The van der Waals surface area contributed by atoms with Crippen LogP contribution in [0.15, 0.2) is 6.20 Å². The summed E-state index contributed by atoms with van der Waals surface area (Å²) in [6.45, 7) is 9.53. The van der Waals surface area contributed by atoms with Gasteiger partial charge in [-0.15, -0.1) is 0 Å². The normalized spacial score (nSPS) is 22.4. The van der Waals surface area contributed by atoms with Crippen LogP contribution in [-0.2, 0) is 4.74 Å². The summed E-state index contributed by atoms with van der Waals surface area (Å²) in [6.07, 6.45) is 1.70. The lowest BCUT2D eigenvalue weighted by Crippen LogP contribution is -2.45. The van der Waals surface area contributed by atoms with Crippen molar-refractivity contribution < 1.29 is 9.84 Å². The third-order valence-electron chi connectivity index (χ3n) is 3.63. The number of hydrogen-bond donors (Lipinski definition) is 1. The van der Waals surface area contributed by atoms with Crippen LogP contribution in [0.25, 0.3) is 0 Å². The molecular weight excluding hydrogens is 278 g/mol. The smallest absolute Gasteiger partial charge is 0.124 e. The summed E-state index contributed by atoms with van der Waals surface area (Å²) < 4.78 is 7.51. The Bertz CT molecular complexity index is 434. The number of rotatable bonds is 5. The van der Waals surface area contributed by atoms with Gasteiger partial charge in [0.25, 0.3) is 0 Å². The number of morpholine rings is 1. The number of aliphatic hydroxyl groups excluding tert-OH is 1. The maximum Gasteiger partial charge on any atom is 0.124 e. The number of nitrogens with zero attached hydrogens (tertiary/aromatic N) is 3. The highest BCUT2D eigenvalue weighted by Gasteiger charge is 2.31. The fourth-order valence-electron chi connectivity index (χ4n) is 2.66. The molecule has 2 rings (SSSR count). The van der Waals surface area contributed by atoms with Gasteiger partial charge in [0, 0.05) is 19.1 Å². The van der Waals surface area contributed by atoms with Gasteiger partial charge < -0.3 is 9.84 Å². The van der Waals surface area contributed by atoms with Crippen molar-refractivity contribution in [3.05, 3.63) is 16.9 Å². The van der Waals surface area contributed by atoms with E-state index in [1.807, 2.05) is 13.8 Å². The van der Waals surface area contributed by atoms with Gasteiger partial charge in [-0.1, -0.05) is 18.5 Å². The van der Waals surface area contributed by atoms with E-state index in [1.165, 1.54) is 0 Å². The first kappa shape index (κ1) is 15.8. The highest BCUT2D eigenvalue weighted by atomic mass is 35.5. The highest BCUT2D eigenvalue weighted by Crippen LogP contribution is 2.30. The summed E-state index contributed by atoms with van der Waals surface area (Å²) in [6, 6.07) is 0.155. The molecule has 20 heavy (non-hydrogen) atoms. The van der Waals surface area contributed by atoms with Crippen LogP contribution in [0.2, 0.25) is 5.02 Å². The molecule has 1 saturated heterocycles. The van der Waals surface area contributed by atoms with E-state index in [2.05, 4.69) is 16.9 Å². The summed E-state index contributed by atoms with van der Waals surface area (Å²) in [7, 11) is 0. The van der Waals surface area contributed by atoms with Gasteiger partial charge in [0.15, 0.2) is 0 Å². The van der Waals surface area contributed by atoms with Crippen molar-refractivity contribution >= 4 is 11.6 Å². The Morgan fingerprint density at radius 1 is 1.55 bits per heavy atom. The van der Waals surface area contributed by atoms with Crippen molar-refractivity contribution in [2.24, 2.45) is 0 Å². The molecule has 2 heterocycles. The summed E-state index contributed by atoms with van der Waals surface area (Å²) in [4.78, 5) is 2.32. The van der Waals surface area contributed by atoms with Crippen LogP contribution >= 0.6 is 11.6 Å². The average Bonchev–Trinajstić information content (AvgIpc) is 2.81. The number of halogens is 1. The molecule has 5 nitrogen and oxygen atoms in total. The van der Waals surface area contributed by atoms with Crippen LogP contribution in [0.3, 0.4) is 0 Å². The van der Waals surface area contributed by atoms with E-state index in [9.17, 15) is 5.11 Å². The number of hydrogen-bond acceptors (Lipinski definition) is 4. The zero-order chi connectivity index (χ0) is 14.7. The second-order valence-corrected chi connectivity index (χ2v) is 5.98. The van der Waals surface area contributed by atoms with Crippen molar-refractivity contribution in [3.63, 3.8) is 0 Å². The van der Waals surface area contributed by atoms with E-state index in [0.29, 0.717) is 17.3 Å². The zero-order valence-electron chi connectivity index (χ0n) is 12.4. The second kappa shape index (κ2) is 6.89. The Kier molecular flexibility index (Phi) is 5.43. The van der Waals surface area contributed by atoms with E-state index < -0.39 is 6.10 Å². The molecule has 0 amide bonds. The monoisotopic (exact) mass is 301 g/mol. The molecule has 0 aliphatic carbocycles. The summed E-state index contributed by atoms with van der Waals surface area (Å²) in [5.41, 5.74) is 0.657. The number of aromatic nitrogens is 2. The van der Waals surface area contributed by atoms with Gasteiger partial charge >= 0.3 is 0 Å². The molecule has 0 aromatic carbocycles. The van der Waals surface area contributed by atoms with Gasteiger partial charge in [0.05, 0.1) is 23.5 Å². The van der Waals surface area contributed by atoms with E-state index in [-0.39, 0.29) is 12.1 Å². The fraction of sp³-hybridized carbons (Fsp3) is 0.786. The average molecular weight is 302 g/mol. The molecule has 114 valence electrons. The predicted octanol–water partition coefficient (Wildman–Crippen LogP) is 2.26. The second-order valence-electron chi connectivity index (χ2n) is 5.57. The van der Waals surface area contributed by atoms with Crippen LogP contribution in [0.1, 0.15) is 45.0 Å². The molecule has 0 radical (unpaired) electrons. The van der Waals surface area contributed by atoms with Crippen LogP contribution < -0.4 is 0 Å². The van der Waals surface area contributed by atoms with Crippen molar-refractivity contribution in [1.82, 2.24) is 14.7 Å². The van der Waals surface area contributed by atoms with Gasteiger partial charge in [-0.25, -0.2) is 0 Å². The van der Waals surface area contributed by atoms with Crippen molar-refractivity contribution in [3.8, 4) is 0 Å². The van der Waals surface area contributed by atoms with E-state index in [0.717, 1.165) is 26.1 Å². The highest BCUT2D eigenvalue weighted by molar-refractivity contribution is 6.31. The minimum absolute atomic E-state index is 0.155. The van der Waals surface area contributed by atoms with Gasteiger partial charge in [-0.05, 0) is 26.8 Å². The molecule has 2 atom stereocenters. The summed E-state index contributed by atoms with van der Waals surface area (Å²) in [5.74, 6) is 0. The summed E-state index contributed by atoms with van der Waals surface area (Å²) >= 11 is 6.19. The molecule has 1 aromatic heterocycles. The van der Waals surface area contributed by atoms with Crippen LogP contribution in [0.4, 0.5) is 0 Å². The first-order valence-corrected chi connectivity index (χ1v) is 7.67. The zero-order valence-corrected chi connectivity index (χ0v) is 13.2. The molecule has 0 spiro atoms. The van der Waals surface area contributed by atoms with Gasteiger partial charge in [0.2, 0.25) is 0 Å². The molecule has 1 aliphatic heterocycles. The molecule has 2 unspecified atom stereocenters. The Balaban J connectivity index is 2.14. The summed E-state index contributed by atoms with van der Waals surface area (Å²) in [5, 5.41) is 15.4. The lowest BCUT2D eigenvalue weighted by atomic mass is 10.1. The van der Waals surface area contributed by atoms with E-state index >= 15 is 0 Å². The molecule has 1 aliphatic rings. The lowest BCUT2D eigenvalue weighted by Gasteiger charge is -2.35. The molecule has 0 saturated carbocycles. The Morgan fingerprint density at radius 3 is 2.95 bits per heavy atom. The lowest BCUT2D eigenvalue weighted by molar-refractivity contribution is -0.0923. The van der Waals surface area contributed by atoms with Crippen molar-refractivity contribution in [1.29, 1.82) is 0 Å². The number of aliphatic hydroxyl groups is 1. The van der Waals surface area contributed by atoms with Crippen LogP contribution in [0, 0.1) is 0 Å². The van der Waals surface area contributed by atoms with Gasteiger partial charge in [-0.2, -0.15) is 5.10 Å². The Hall–Kier alpha value is -0.620. The van der Waals surface area contributed by atoms with Gasteiger partial charge in [0.1, 0.15) is 12.2 Å². The van der Waals surface area contributed by atoms with Crippen LogP contribution in [-0.4, -0.2) is 52.1 Å². The van der Waals surface area contributed by atoms with E-state index in [1.54, 1.807) is 10.9 Å². The SMILES string of the molecule is CCCN1CCOC(C(O)c2c(Cl)cnn2C(C)C)C1. The largest absolute Gasteiger partial charge is 0.384 e. The molecule has 1 N–H and O–H groups in total. The molecule has 6 heteroatoms. The Labute approximate surface area is 125 Å². The standard InChI is InChI=1S/C14H24ClN3O2/c1-4-5-17-6-7-20-12(9-17)14(19)13-11(15)8-16-18(13)10(2)3/h8,10,12,14,19H,4-7,9H2,1-3H3. The first-order chi connectivity index (χ1) is 9.54. The first-order valence-electron chi connectivity index (χ1n) is 7.29. The van der Waals surface area contributed by atoms with Gasteiger partial charge in [-0.3, -0.25) is 9.58 Å². The third-order valence-corrected chi connectivity index (χ3v) is 3.92. The van der Waals surface area contributed by atoms with Crippen molar-refractivity contribution in [2.45, 2.75) is 45.4 Å². The number of ether oxygens (including phenoxy) is 1. The Morgan fingerprint density at radius 2 is 2.30 bits per heavy atom. The minimum atomic E-state index is -0.743.